The molecule has 0 unspecified atom stereocenters. The van der Waals surface area contributed by atoms with E-state index in [0.717, 1.165) is 0 Å². The lowest BCUT2D eigenvalue weighted by Crippen LogP contribution is -2.48. The van der Waals surface area contributed by atoms with E-state index in [4.69, 9.17) is 11.0 Å². The second-order valence-electron chi connectivity index (χ2n) is 4.24. The number of nitrogens with two attached hydrogens (primary N) is 1. The van der Waals surface area contributed by atoms with Crippen molar-refractivity contribution in [1.82, 2.24) is 9.88 Å². The highest BCUT2D eigenvalue weighted by Crippen LogP contribution is 2.22. The molecule has 1 aliphatic heterocycles. The third-order valence-electron chi connectivity index (χ3n) is 3.05. The van der Waals surface area contributed by atoms with Gasteiger partial charge in [0.25, 0.3) is 0 Å². The standard InChI is InChI=1S/C12H15N5O/c1-9(18)16-2-4-17(5-3-16)12-11(14)6-10(7-13)8-15-12/h6,8H,2-5,14H2,1H3. The Morgan fingerprint density at radius 3 is 2.61 bits per heavy atom. The van der Waals surface area contributed by atoms with Crippen LogP contribution in [0.2, 0.25) is 0 Å². The summed E-state index contributed by atoms with van der Waals surface area (Å²) in [4.78, 5) is 19.3. The van der Waals surface area contributed by atoms with E-state index in [-0.39, 0.29) is 5.91 Å². The highest BCUT2D eigenvalue weighted by Gasteiger charge is 2.20. The summed E-state index contributed by atoms with van der Waals surface area (Å²) < 4.78 is 0. The van der Waals surface area contributed by atoms with Crippen molar-refractivity contribution in [3.05, 3.63) is 17.8 Å². The molecule has 1 fully saturated rings. The van der Waals surface area contributed by atoms with Gasteiger partial charge in [-0.3, -0.25) is 4.79 Å². The van der Waals surface area contributed by atoms with E-state index in [0.29, 0.717) is 43.2 Å². The number of hydrogen-bond donors (Lipinski definition) is 1. The van der Waals surface area contributed by atoms with E-state index in [1.807, 2.05) is 11.0 Å². The van der Waals surface area contributed by atoms with Crippen LogP contribution in [0.15, 0.2) is 12.3 Å². The minimum Gasteiger partial charge on any atom is -0.396 e. The molecule has 2 heterocycles. The third-order valence-corrected chi connectivity index (χ3v) is 3.05. The van der Waals surface area contributed by atoms with Crippen LogP contribution < -0.4 is 10.6 Å². The molecule has 1 aromatic heterocycles. The Balaban J connectivity index is 2.10. The Morgan fingerprint density at radius 2 is 2.11 bits per heavy atom. The van der Waals surface area contributed by atoms with Crippen LogP contribution in [-0.2, 0) is 4.79 Å². The van der Waals surface area contributed by atoms with Crippen LogP contribution in [-0.4, -0.2) is 42.0 Å². The Labute approximate surface area is 106 Å². The van der Waals surface area contributed by atoms with Gasteiger partial charge in [-0.2, -0.15) is 5.26 Å². The van der Waals surface area contributed by atoms with Gasteiger partial charge in [-0.05, 0) is 6.07 Å². The Hall–Kier alpha value is -2.29. The summed E-state index contributed by atoms with van der Waals surface area (Å²) in [6.45, 7) is 4.35. The van der Waals surface area contributed by atoms with E-state index >= 15 is 0 Å². The second-order valence-corrected chi connectivity index (χ2v) is 4.24. The molecular formula is C12H15N5O. The van der Waals surface area contributed by atoms with Crippen molar-refractivity contribution in [2.45, 2.75) is 6.92 Å². The van der Waals surface area contributed by atoms with Gasteiger partial charge in [0, 0.05) is 39.3 Å². The molecule has 18 heavy (non-hydrogen) atoms. The van der Waals surface area contributed by atoms with Crippen LogP contribution in [0.1, 0.15) is 12.5 Å². The Kier molecular flexibility index (Phi) is 3.33. The largest absolute Gasteiger partial charge is 0.396 e. The Morgan fingerprint density at radius 1 is 1.44 bits per heavy atom. The summed E-state index contributed by atoms with van der Waals surface area (Å²) in [7, 11) is 0. The zero-order valence-corrected chi connectivity index (χ0v) is 10.3. The van der Waals surface area contributed by atoms with Gasteiger partial charge in [-0.1, -0.05) is 0 Å². The smallest absolute Gasteiger partial charge is 0.219 e. The fraction of sp³-hybridized carbons (Fsp3) is 0.417. The first kappa shape index (κ1) is 12.2. The minimum atomic E-state index is 0.0930. The first-order valence-electron chi connectivity index (χ1n) is 5.78. The molecule has 6 heteroatoms. The number of pyridine rings is 1. The van der Waals surface area contributed by atoms with E-state index in [1.165, 1.54) is 6.20 Å². The first-order chi connectivity index (χ1) is 8.61. The number of nitrogens with zero attached hydrogens (tertiary/aromatic N) is 4. The predicted octanol–water partition coefficient (Wildman–Crippen LogP) is 0.204. The van der Waals surface area contributed by atoms with E-state index < -0.39 is 0 Å². The molecule has 1 amide bonds. The number of rotatable bonds is 1. The molecule has 0 aromatic carbocycles. The van der Waals surface area contributed by atoms with Crippen LogP contribution in [0, 0.1) is 11.3 Å². The van der Waals surface area contributed by atoms with Gasteiger partial charge in [0.05, 0.1) is 11.3 Å². The molecule has 0 atom stereocenters. The summed E-state index contributed by atoms with van der Waals surface area (Å²) in [5, 5.41) is 8.76. The zero-order chi connectivity index (χ0) is 13.1. The third kappa shape index (κ3) is 2.35. The van der Waals surface area contributed by atoms with Crippen LogP contribution in [0.4, 0.5) is 11.5 Å². The molecule has 1 aromatic rings. The summed E-state index contributed by atoms with van der Waals surface area (Å²) in [6, 6.07) is 3.63. The summed E-state index contributed by atoms with van der Waals surface area (Å²) in [6.07, 6.45) is 1.52. The Bertz CT molecular complexity index is 500. The number of nitriles is 1. The maximum absolute atomic E-state index is 11.2. The molecule has 2 N–H and O–H groups in total. The number of carbonyl (C=O) groups excluding carboxylic acids is 1. The fourth-order valence-corrected chi connectivity index (χ4v) is 2.03. The fourth-order valence-electron chi connectivity index (χ4n) is 2.03. The van der Waals surface area contributed by atoms with Crippen LogP contribution in [0.3, 0.4) is 0 Å². The molecule has 0 saturated carbocycles. The number of anilines is 2. The van der Waals surface area contributed by atoms with Crippen molar-refractivity contribution in [3.63, 3.8) is 0 Å². The number of amides is 1. The summed E-state index contributed by atoms with van der Waals surface area (Å²) in [5.74, 6) is 0.785. The van der Waals surface area contributed by atoms with Crippen LogP contribution in [0.5, 0.6) is 0 Å². The van der Waals surface area contributed by atoms with Gasteiger partial charge in [-0.25, -0.2) is 4.98 Å². The van der Waals surface area contributed by atoms with Crippen molar-refractivity contribution in [2.75, 3.05) is 36.8 Å². The number of carbonyl (C=O) groups is 1. The molecule has 1 aliphatic rings. The van der Waals surface area contributed by atoms with Crippen molar-refractivity contribution >= 4 is 17.4 Å². The maximum atomic E-state index is 11.2. The molecule has 1 saturated heterocycles. The lowest BCUT2D eigenvalue weighted by Gasteiger charge is -2.35. The van der Waals surface area contributed by atoms with Crippen molar-refractivity contribution in [1.29, 1.82) is 5.26 Å². The molecule has 94 valence electrons. The quantitative estimate of drug-likeness (QED) is 0.764. The van der Waals surface area contributed by atoms with E-state index in [2.05, 4.69) is 4.98 Å². The molecule has 6 nitrogen and oxygen atoms in total. The average molecular weight is 245 g/mol. The van der Waals surface area contributed by atoms with Crippen molar-refractivity contribution in [3.8, 4) is 6.07 Å². The van der Waals surface area contributed by atoms with E-state index in [9.17, 15) is 4.79 Å². The molecular weight excluding hydrogens is 230 g/mol. The molecule has 2 rings (SSSR count). The summed E-state index contributed by atoms with van der Waals surface area (Å²) in [5.41, 5.74) is 6.85. The number of nitrogen functional groups attached to an aromatic ring is 1. The molecule has 0 aliphatic carbocycles. The zero-order valence-electron chi connectivity index (χ0n) is 10.3. The van der Waals surface area contributed by atoms with Crippen molar-refractivity contribution in [2.24, 2.45) is 0 Å². The highest BCUT2D eigenvalue weighted by atomic mass is 16.2. The van der Waals surface area contributed by atoms with Gasteiger partial charge in [-0.15, -0.1) is 0 Å². The SMILES string of the molecule is CC(=O)N1CCN(c2ncc(C#N)cc2N)CC1. The lowest BCUT2D eigenvalue weighted by atomic mass is 10.2. The average Bonchev–Trinajstić information content (AvgIpc) is 2.38. The highest BCUT2D eigenvalue weighted by molar-refractivity contribution is 5.74. The lowest BCUT2D eigenvalue weighted by molar-refractivity contribution is -0.129. The van der Waals surface area contributed by atoms with E-state index in [1.54, 1.807) is 17.9 Å². The molecule has 0 bridgehead atoms. The van der Waals surface area contributed by atoms with Gasteiger partial charge in [0.2, 0.25) is 5.91 Å². The van der Waals surface area contributed by atoms with Gasteiger partial charge in [0.1, 0.15) is 6.07 Å². The topological polar surface area (TPSA) is 86.2 Å². The predicted molar refractivity (Wildman–Crippen MR) is 67.8 cm³/mol. The first-order valence-corrected chi connectivity index (χ1v) is 5.78. The molecule has 0 radical (unpaired) electrons. The normalized spacial score (nSPS) is 15.3. The van der Waals surface area contributed by atoms with Gasteiger partial charge in [0.15, 0.2) is 5.82 Å². The number of hydrogen-bond acceptors (Lipinski definition) is 5. The number of aromatic nitrogens is 1. The maximum Gasteiger partial charge on any atom is 0.219 e. The van der Waals surface area contributed by atoms with Gasteiger partial charge < -0.3 is 15.5 Å². The monoisotopic (exact) mass is 245 g/mol. The number of piperazine rings is 1. The van der Waals surface area contributed by atoms with Crippen LogP contribution >= 0.6 is 0 Å². The van der Waals surface area contributed by atoms with Crippen LogP contribution in [0.25, 0.3) is 0 Å². The van der Waals surface area contributed by atoms with Crippen molar-refractivity contribution < 1.29 is 4.79 Å². The molecule has 0 spiro atoms. The second kappa shape index (κ2) is 4.92. The summed E-state index contributed by atoms with van der Waals surface area (Å²) >= 11 is 0. The minimum absolute atomic E-state index is 0.0930. The van der Waals surface area contributed by atoms with Gasteiger partial charge >= 0.3 is 0 Å².